The highest BCUT2D eigenvalue weighted by Gasteiger charge is 2.12. The van der Waals surface area contributed by atoms with Crippen molar-refractivity contribution in [3.63, 3.8) is 0 Å². The Balaban J connectivity index is 2.02. The molecule has 0 atom stereocenters. The number of aromatic amines is 2. The van der Waals surface area contributed by atoms with Crippen molar-refractivity contribution in [2.24, 2.45) is 0 Å². The van der Waals surface area contributed by atoms with Gasteiger partial charge in [-0.2, -0.15) is 0 Å². The van der Waals surface area contributed by atoms with Crippen LogP contribution in [0.2, 0.25) is 5.02 Å². The summed E-state index contributed by atoms with van der Waals surface area (Å²) < 4.78 is 0. The lowest BCUT2D eigenvalue weighted by molar-refractivity contribution is 0.103. The molecule has 0 aliphatic rings. The summed E-state index contributed by atoms with van der Waals surface area (Å²) in [5.74, 6) is -0.363. The van der Waals surface area contributed by atoms with Gasteiger partial charge >= 0.3 is 0 Å². The summed E-state index contributed by atoms with van der Waals surface area (Å²) >= 11 is 5.94. The van der Waals surface area contributed by atoms with E-state index in [1.54, 1.807) is 24.5 Å². The van der Waals surface area contributed by atoms with Gasteiger partial charge in [0.2, 0.25) is 5.78 Å². The molecule has 20 heavy (non-hydrogen) atoms. The normalized spacial score (nSPS) is 11.9. The number of hydrogen-bond acceptors (Lipinski definition) is 3. The Morgan fingerprint density at radius 2 is 2.20 bits per heavy atom. The average Bonchev–Trinajstić information content (AvgIpc) is 3.07. The number of nitrogens with zero attached hydrogens (tertiary/aromatic N) is 1. The number of imidazole rings is 1. The second kappa shape index (κ2) is 4.86. The highest BCUT2D eigenvalue weighted by molar-refractivity contribution is 6.31. The number of nitrogens with one attached hydrogen (secondary N) is 2. The lowest BCUT2D eigenvalue weighted by Crippen LogP contribution is -1.98. The largest absolute Gasteiger partial charge is 0.507 e. The third-order valence-corrected chi connectivity index (χ3v) is 3.15. The number of benzene rings is 1. The quantitative estimate of drug-likeness (QED) is 0.392. The zero-order chi connectivity index (χ0) is 14.1. The van der Waals surface area contributed by atoms with Gasteiger partial charge in [0.15, 0.2) is 5.82 Å². The van der Waals surface area contributed by atoms with Gasteiger partial charge in [0.05, 0.1) is 0 Å². The molecule has 2 heterocycles. The van der Waals surface area contributed by atoms with E-state index in [0.717, 1.165) is 17.0 Å². The highest BCUT2D eigenvalue weighted by atomic mass is 35.5. The van der Waals surface area contributed by atoms with Gasteiger partial charge in [0.25, 0.3) is 0 Å². The Labute approximate surface area is 118 Å². The second-order valence-electron chi connectivity index (χ2n) is 4.22. The van der Waals surface area contributed by atoms with Crippen molar-refractivity contribution in [3.05, 3.63) is 59.3 Å². The number of aliphatic hydroxyl groups is 1. The summed E-state index contributed by atoms with van der Waals surface area (Å²) in [6.45, 7) is 0. The topological polar surface area (TPSA) is 81.8 Å². The van der Waals surface area contributed by atoms with Crippen LogP contribution in [0.5, 0.6) is 0 Å². The molecule has 0 saturated heterocycles. The summed E-state index contributed by atoms with van der Waals surface area (Å²) in [6, 6.07) is 5.28. The van der Waals surface area contributed by atoms with Crippen LogP contribution < -0.4 is 0 Å². The van der Waals surface area contributed by atoms with E-state index in [1.807, 2.05) is 6.07 Å². The first-order chi connectivity index (χ1) is 9.65. The third-order valence-electron chi connectivity index (χ3n) is 2.92. The average molecular weight is 288 g/mol. The van der Waals surface area contributed by atoms with Gasteiger partial charge in [-0.1, -0.05) is 11.6 Å². The monoisotopic (exact) mass is 287 g/mol. The number of aromatic nitrogens is 3. The third kappa shape index (κ3) is 2.19. The summed E-state index contributed by atoms with van der Waals surface area (Å²) in [6.07, 6.45) is 5.78. The zero-order valence-electron chi connectivity index (χ0n) is 10.2. The standard InChI is InChI=1S/C14H10ClN3O2/c15-8-1-2-11-9(5-8)10(7-18-11)12(19)6-13(20)14-16-3-4-17-14/h1-7,18-19H,(H,16,17)/b12-6+. The number of rotatable bonds is 3. The predicted molar refractivity (Wildman–Crippen MR) is 76.8 cm³/mol. The van der Waals surface area contributed by atoms with Crippen LogP contribution in [0.4, 0.5) is 0 Å². The lowest BCUT2D eigenvalue weighted by atomic mass is 10.1. The first-order valence-corrected chi connectivity index (χ1v) is 6.24. The van der Waals surface area contributed by atoms with Gasteiger partial charge in [-0.3, -0.25) is 4.79 Å². The number of aliphatic hydroxyl groups excluding tert-OH is 1. The van der Waals surface area contributed by atoms with E-state index in [1.165, 1.54) is 6.20 Å². The van der Waals surface area contributed by atoms with E-state index >= 15 is 0 Å². The van der Waals surface area contributed by atoms with E-state index in [-0.39, 0.29) is 11.6 Å². The molecule has 0 bridgehead atoms. The van der Waals surface area contributed by atoms with Crippen molar-refractivity contribution in [3.8, 4) is 0 Å². The molecule has 6 heteroatoms. The smallest absolute Gasteiger partial charge is 0.224 e. The molecular formula is C14H10ClN3O2. The van der Waals surface area contributed by atoms with Crippen molar-refractivity contribution in [1.82, 2.24) is 15.0 Å². The summed E-state index contributed by atoms with van der Waals surface area (Å²) in [7, 11) is 0. The van der Waals surface area contributed by atoms with Crippen molar-refractivity contribution in [2.45, 2.75) is 0 Å². The Hall–Kier alpha value is -2.53. The molecule has 0 amide bonds. The van der Waals surface area contributed by atoms with E-state index in [4.69, 9.17) is 11.6 Å². The van der Waals surface area contributed by atoms with Crippen molar-refractivity contribution in [2.75, 3.05) is 0 Å². The number of H-pyrrole nitrogens is 2. The van der Waals surface area contributed by atoms with Crippen LogP contribution in [0, 0.1) is 0 Å². The fraction of sp³-hybridized carbons (Fsp3) is 0. The van der Waals surface area contributed by atoms with Crippen LogP contribution in [0.1, 0.15) is 16.2 Å². The Bertz CT molecular complexity index is 803. The lowest BCUT2D eigenvalue weighted by Gasteiger charge is -1.98. The number of halogens is 1. The molecule has 0 radical (unpaired) electrons. The van der Waals surface area contributed by atoms with Crippen LogP contribution in [-0.2, 0) is 0 Å². The van der Waals surface area contributed by atoms with Crippen LogP contribution in [0.15, 0.2) is 42.9 Å². The van der Waals surface area contributed by atoms with Gasteiger partial charge in [0.1, 0.15) is 5.76 Å². The highest BCUT2D eigenvalue weighted by Crippen LogP contribution is 2.26. The molecule has 3 rings (SSSR count). The first-order valence-electron chi connectivity index (χ1n) is 5.86. The SMILES string of the molecule is O=C(/C=C(/O)c1c[nH]c2ccc(Cl)cc12)c1ncc[nH]1. The molecule has 0 saturated carbocycles. The minimum Gasteiger partial charge on any atom is -0.507 e. The summed E-state index contributed by atoms with van der Waals surface area (Å²) in [5.41, 5.74) is 1.34. The molecular weight excluding hydrogens is 278 g/mol. The maximum atomic E-state index is 11.8. The number of fused-ring (bicyclic) bond motifs is 1. The fourth-order valence-electron chi connectivity index (χ4n) is 1.98. The number of carbonyl (C=O) groups is 1. The Morgan fingerprint density at radius 3 is 2.95 bits per heavy atom. The van der Waals surface area contributed by atoms with E-state index in [2.05, 4.69) is 15.0 Å². The number of ketones is 1. The molecule has 0 unspecified atom stereocenters. The Kier molecular flexibility index (Phi) is 3.04. The first kappa shape index (κ1) is 12.5. The van der Waals surface area contributed by atoms with Crippen LogP contribution >= 0.6 is 11.6 Å². The molecule has 3 aromatic rings. The van der Waals surface area contributed by atoms with Crippen LogP contribution in [0.3, 0.4) is 0 Å². The number of allylic oxidation sites excluding steroid dienone is 1. The van der Waals surface area contributed by atoms with Gasteiger partial charge in [-0.25, -0.2) is 4.98 Å². The van der Waals surface area contributed by atoms with E-state index in [9.17, 15) is 9.90 Å². The summed E-state index contributed by atoms with van der Waals surface area (Å²) in [5, 5.41) is 11.4. The van der Waals surface area contributed by atoms with Gasteiger partial charge in [-0.05, 0) is 18.2 Å². The molecule has 100 valence electrons. The number of carbonyl (C=O) groups excluding carboxylic acids is 1. The summed E-state index contributed by atoms with van der Waals surface area (Å²) in [4.78, 5) is 21.4. The minimum atomic E-state index is -0.399. The van der Waals surface area contributed by atoms with Crippen LogP contribution in [-0.4, -0.2) is 25.8 Å². The molecule has 0 aliphatic carbocycles. The fourth-order valence-corrected chi connectivity index (χ4v) is 2.15. The molecule has 3 N–H and O–H groups in total. The van der Waals surface area contributed by atoms with E-state index in [0.29, 0.717) is 10.6 Å². The second-order valence-corrected chi connectivity index (χ2v) is 4.66. The van der Waals surface area contributed by atoms with Gasteiger partial charge in [-0.15, -0.1) is 0 Å². The Morgan fingerprint density at radius 1 is 1.35 bits per heavy atom. The maximum absolute atomic E-state index is 11.8. The zero-order valence-corrected chi connectivity index (χ0v) is 11.0. The molecule has 2 aromatic heterocycles. The molecule has 0 fully saturated rings. The molecule has 1 aromatic carbocycles. The predicted octanol–water partition coefficient (Wildman–Crippen LogP) is 3.33. The number of hydrogen-bond donors (Lipinski definition) is 3. The van der Waals surface area contributed by atoms with Crippen molar-refractivity contribution in [1.29, 1.82) is 0 Å². The molecule has 0 aliphatic heterocycles. The molecule has 5 nitrogen and oxygen atoms in total. The van der Waals surface area contributed by atoms with Gasteiger partial charge < -0.3 is 15.1 Å². The minimum absolute atomic E-state index is 0.139. The van der Waals surface area contributed by atoms with E-state index < -0.39 is 5.78 Å². The molecule has 0 spiro atoms. The van der Waals surface area contributed by atoms with Gasteiger partial charge in [0, 0.05) is 46.2 Å². The van der Waals surface area contributed by atoms with Crippen molar-refractivity contribution < 1.29 is 9.90 Å². The van der Waals surface area contributed by atoms with Crippen LogP contribution in [0.25, 0.3) is 16.7 Å². The van der Waals surface area contributed by atoms with Crippen molar-refractivity contribution >= 4 is 34.0 Å². The maximum Gasteiger partial charge on any atom is 0.224 e.